The molecule has 1 saturated carbocycles. The molecule has 0 bridgehead atoms. The summed E-state index contributed by atoms with van der Waals surface area (Å²) in [7, 11) is 3.67. The van der Waals surface area contributed by atoms with E-state index in [0.717, 1.165) is 11.3 Å². The highest BCUT2D eigenvalue weighted by Crippen LogP contribution is 2.24. The van der Waals surface area contributed by atoms with Gasteiger partial charge in [0.1, 0.15) is 5.75 Å². The van der Waals surface area contributed by atoms with Gasteiger partial charge in [-0.25, -0.2) is 4.99 Å². The fraction of sp³-hybridized carbons (Fsp3) is 0.462. The van der Waals surface area contributed by atoms with Crippen LogP contribution in [-0.4, -0.2) is 31.1 Å². The molecule has 4 heteroatoms. The molecular formula is C13H19N3O. The lowest BCUT2D eigenvalue weighted by Crippen LogP contribution is -2.35. The molecule has 1 fully saturated rings. The minimum absolute atomic E-state index is 0.606. The number of aliphatic imine (C=N–C) groups is 1. The van der Waals surface area contributed by atoms with Gasteiger partial charge >= 0.3 is 0 Å². The maximum absolute atomic E-state index is 5.91. The molecule has 0 heterocycles. The van der Waals surface area contributed by atoms with Crippen molar-refractivity contribution in [2.24, 2.45) is 10.7 Å². The number of hydrogen-bond acceptors (Lipinski definition) is 2. The lowest BCUT2D eigenvalue weighted by Gasteiger charge is -2.16. The Morgan fingerprint density at radius 1 is 1.41 bits per heavy atom. The first-order valence-corrected chi connectivity index (χ1v) is 5.86. The van der Waals surface area contributed by atoms with Gasteiger partial charge in [-0.05, 0) is 30.5 Å². The maximum Gasteiger partial charge on any atom is 0.191 e. The van der Waals surface area contributed by atoms with Gasteiger partial charge in [0.05, 0.1) is 13.7 Å². The van der Waals surface area contributed by atoms with Crippen molar-refractivity contribution in [3.8, 4) is 5.75 Å². The number of nitrogens with zero attached hydrogens (tertiary/aromatic N) is 2. The molecule has 0 amide bonds. The number of hydrogen-bond donors (Lipinski definition) is 1. The lowest BCUT2D eigenvalue weighted by molar-refractivity contribution is 0.414. The second-order valence-electron chi connectivity index (χ2n) is 4.36. The number of nitrogens with two attached hydrogens (primary N) is 1. The van der Waals surface area contributed by atoms with Crippen LogP contribution in [0.5, 0.6) is 5.75 Å². The number of benzene rings is 1. The zero-order valence-corrected chi connectivity index (χ0v) is 10.4. The number of ether oxygens (including phenoxy) is 1. The van der Waals surface area contributed by atoms with Crippen molar-refractivity contribution in [1.82, 2.24) is 4.90 Å². The van der Waals surface area contributed by atoms with Crippen LogP contribution < -0.4 is 10.5 Å². The van der Waals surface area contributed by atoms with E-state index < -0.39 is 0 Å². The summed E-state index contributed by atoms with van der Waals surface area (Å²) in [6, 6.07) is 8.49. The lowest BCUT2D eigenvalue weighted by atomic mass is 10.2. The van der Waals surface area contributed by atoms with Crippen LogP contribution in [0.2, 0.25) is 0 Å². The van der Waals surface area contributed by atoms with Crippen LogP contribution in [0.15, 0.2) is 29.3 Å². The van der Waals surface area contributed by atoms with E-state index in [1.54, 1.807) is 7.11 Å². The molecular weight excluding hydrogens is 214 g/mol. The summed E-state index contributed by atoms with van der Waals surface area (Å²) in [5, 5.41) is 0. The first-order valence-electron chi connectivity index (χ1n) is 5.86. The summed E-state index contributed by atoms with van der Waals surface area (Å²) in [5.41, 5.74) is 7.05. The second kappa shape index (κ2) is 5.08. The molecule has 4 nitrogen and oxygen atoms in total. The van der Waals surface area contributed by atoms with Crippen LogP contribution in [0.25, 0.3) is 0 Å². The Morgan fingerprint density at radius 3 is 2.59 bits per heavy atom. The standard InChI is InChI=1S/C13H19N3O/c1-16(11-5-6-11)13(14)15-9-10-3-7-12(17-2)8-4-10/h3-4,7-8,11H,5-6,9H2,1-2H3,(H2,14,15). The molecule has 92 valence electrons. The molecule has 1 aliphatic rings. The van der Waals surface area contributed by atoms with E-state index in [0.29, 0.717) is 18.5 Å². The average molecular weight is 233 g/mol. The van der Waals surface area contributed by atoms with E-state index in [1.807, 2.05) is 31.3 Å². The Balaban J connectivity index is 1.93. The molecule has 2 N–H and O–H groups in total. The van der Waals surface area contributed by atoms with Gasteiger partial charge in [-0.2, -0.15) is 0 Å². The van der Waals surface area contributed by atoms with Gasteiger partial charge in [0, 0.05) is 13.1 Å². The van der Waals surface area contributed by atoms with Crippen molar-refractivity contribution < 1.29 is 4.74 Å². The maximum atomic E-state index is 5.91. The molecule has 0 atom stereocenters. The fourth-order valence-electron chi connectivity index (χ4n) is 1.66. The molecule has 0 aromatic heterocycles. The Morgan fingerprint density at radius 2 is 2.06 bits per heavy atom. The van der Waals surface area contributed by atoms with Gasteiger partial charge in [0.15, 0.2) is 5.96 Å². The van der Waals surface area contributed by atoms with Crippen LogP contribution in [-0.2, 0) is 6.54 Å². The predicted octanol–water partition coefficient (Wildman–Crippen LogP) is 1.60. The van der Waals surface area contributed by atoms with E-state index >= 15 is 0 Å². The topological polar surface area (TPSA) is 50.9 Å². The summed E-state index contributed by atoms with van der Waals surface area (Å²) in [6.45, 7) is 0.618. The average Bonchev–Trinajstić information content (AvgIpc) is 3.20. The van der Waals surface area contributed by atoms with E-state index in [2.05, 4.69) is 9.89 Å². The van der Waals surface area contributed by atoms with Gasteiger partial charge in [0.2, 0.25) is 0 Å². The van der Waals surface area contributed by atoms with Crippen molar-refractivity contribution in [1.29, 1.82) is 0 Å². The number of rotatable bonds is 4. The molecule has 1 aromatic rings. The van der Waals surface area contributed by atoms with Crippen molar-refractivity contribution in [3.63, 3.8) is 0 Å². The van der Waals surface area contributed by atoms with E-state index in [4.69, 9.17) is 10.5 Å². The van der Waals surface area contributed by atoms with Crippen molar-refractivity contribution >= 4 is 5.96 Å². The van der Waals surface area contributed by atoms with Gasteiger partial charge in [-0.1, -0.05) is 12.1 Å². The normalized spacial score (nSPS) is 15.8. The Hall–Kier alpha value is -1.71. The van der Waals surface area contributed by atoms with Crippen molar-refractivity contribution in [3.05, 3.63) is 29.8 Å². The Labute approximate surface area is 102 Å². The highest BCUT2D eigenvalue weighted by Gasteiger charge is 2.27. The third-order valence-electron chi connectivity index (χ3n) is 3.04. The first-order chi connectivity index (χ1) is 8.20. The summed E-state index contributed by atoms with van der Waals surface area (Å²) >= 11 is 0. The first kappa shape index (κ1) is 11.8. The monoisotopic (exact) mass is 233 g/mol. The molecule has 0 spiro atoms. The van der Waals surface area contributed by atoms with Gasteiger partial charge < -0.3 is 15.4 Å². The molecule has 17 heavy (non-hydrogen) atoms. The minimum atomic E-state index is 0.606. The highest BCUT2D eigenvalue weighted by molar-refractivity contribution is 5.78. The number of methoxy groups -OCH3 is 1. The molecule has 1 aromatic carbocycles. The molecule has 0 unspecified atom stereocenters. The molecule has 0 aliphatic heterocycles. The smallest absolute Gasteiger partial charge is 0.191 e. The van der Waals surface area contributed by atoms with Crippen molar-refractivity contribution in [2.45, 2.75) is 25.4 Å². The van der Waals surface area contributed by atoms with E-state index in [1.165, 1.54) is 12.8 Å². The summed E-state index contributed by atoms with van der Waals surface area (Å²) < 4.78 is 5.10. The van der Waals surface area contributed by atoms with E-state index in [-0.39, 0.29) is 0 Å². The molecule has 0 saturated heterocycles. The predicted molar refractivity (Wildman–Crippen MR) is 69.1 cm³/mol. The van der Waals surface area contributed by atoms with Crippen LogP contribution in [0.1, 0.15) is 18.4 Å². The Bertz CT molecular complexity index is 396. The van der Waals surface area contributed by atoms with Crippen LogP contribution in [0.3, 0.4) is 0 Å². The second-order valence-corrected chi connectivity index (χ2v) is 4.36. The van der Waals surface area contributed by atoms with Gasteiger partial charge in [-0.15, -0.1) is 0 Å². The van der Waals surface area contributed by atoms with Gasteiger partial charge in [-0.3, -0.25) is 0 Å². The fourth-order valence-corrected chi connectivity index (χ4v) is 1.66. The summed E-state index contributed by atoms with van der Waals surface area (Å²) in [6.07, 6.45) is 2.46. The van der Waals surface area contributed by atoms with Crippen LogP contribution in [0.4, 0.5) is 0 Å². The quantitative estimate of drug-likeness (QED) is 0.635. The van der Waals surface area contributed by atoms with Crippen molar-refractivity contribution in [2.75, 3.05) is 14.2 Å². The van der Waals surface area contributed by atoms with Crippen LogP contribution in [0, 0.1) is 0 Å². The summed E-state index contributed by atoms with van der Waals surface area (Å²) in [4.78, 5) is 6.45. The molecule has 2 rings (SSSR count). The number of guanidine groups is 1. The Kier molecular flexibility index (Phi) is 3.52. The minimum Gasteiger partial charge on any atom is -0.497 e. The zero-order chi connectivity index (χ0) is 12.3. The third-order valence-corrected chi connectivity index (χ3v) is 3.04. The third kappa shape index (κ3) is 3.12. The largest absolute Gasteiger partial charge is 0.497 e. The summed E-state index contributed by atoms with van der Waals surface area (Å²) in [5.74, 6) is 1.49. The molecule has 0 radical (unpaired) electrons. The molecule has 1 aliphatic carbocycles. The zero-order valence-electron chi connectivity index (χ0n) is 10.4. The van der Waals surface area contributed by atoms with E-state index in [9.17, 15) is 0 Å². The SMILES string of the molecule is COc1ccc(CN=C(N)N(C)C2CC2)cc1. The highest BCUT2D eigenvalue weighted by atomic mass is 16.5. The van der Waals surface area contributed by atoms with Crippen LogP contribution >= 0.6 is 0 Å². The van der Waals surface area contributed by atoms with Gasteiger partial charge in [0.25, 0.3) is 0 Å².